The van der Waals surface area contributed by atoms with E-state index in [1.54, 1.807) is 55.0 Å². The highest BCUT2D eigenvalue weighted by Crippen LogP contribution is 2.30. The number of nitrogens with one attached hydrogen (secondary N) is 3. The average molecular weight is 1090 g/mol. The van der Waals surface area contributed by atoms with Gasteiger partial charge in [0.25, 0.3) is 5.91 Å². The summed E-state index contributed by atoms with van der Waals surface area (Å²) in [6.07, 6.45) is -1.34. The van der Waals surface area contributed by atoms with E-state index in [1.807, 2.05) is 64.1 Å². The SMILES string of the molecule is CC(C)C[C@@H]1C(=O)N[C@H]([C@@H](C)O)C(=O)N[C@H](C)[C@@H](C)C(=O)O[C@@H](Cc2ccccc2)C(=O)N(C)[C@@H](C(C)C)C(=O)N2CCC[C@H]2C(=O)N(C)[C@H](Cc2ccccc2)C2=N[C@@H](CS2)C(=O)N[C@H](C)C2=N[C@@H](CS2)C(=O)N1C. The van der Waals surface area contributed by atoms with Gasteiger partial charge in [0.15, 0.2) is 6.10 Å². The Bertz CT molecular complexity index is 2500. The molecule has 0 radical (unpaired) electrons. The van der Waals surface area contributed by atoms with Crippen LogP contribution in [-0.4, -0.2) is 188 Å². The summed E-state index contributed by atoms with van der Waals surface area (Å²) in [5.41, 5.74) is 1.62. The van der Waals surface area contributed by atoms with Crippen molar-refractivity contribution in [3.63, 3.8) is 0 Å². The van der Waals surface area contributed by atoms with Crippen LogP contribution >= 0.6 is 23.5 Å². The van der Waals surface area contributed by atoms with Crippen LogP contribution in [0.4, 0.5) is 0 Å². The first-order chi connectivity index (χ1) is 36.0. The lowest BCUT2D eigenvalue weighted by Gasteiger charge is -2.38. The van der Waals surface area contributed by atoms with Crippen LogP contribution in [0.1, 0.15) is 85.8 Å². The molecule has 12 atom stereocenters. The largest absolute Gasteiger partial charge is 0.452 e. The van der Waals surface area contributed by atoms with Gasteiger partial charge in [-0.05, 0) is 76.3 Å². The number of hydrogen-bond donors (Lipinski definition) is 4. The number of thioether (sulfide) groups is 2. The lowest BCUT2D eigenvalue weighted by atomic mass is 9.98. The molecule has 4 bridgehead atoms. The fourth-order valence-electron chi connectivity index (χ4n) is 10.0. The molecule has 0 aromatic heterocycles. The number of cyclic esters (lactones) is 1. The normalized spacial score (nSPS) is 29.8. The van der Waals surface area contributed by atoms with Crippen molar-refractivity contribution in [3.05, 3.63) is 71.8 Å². The van der Waals surface area contributed by atoms with Gasteiger partial charge >= 0.3 is 5.97 Å². The number of aliphatic imine (C=N–C) groups is 2. The van der Waals surface area contributed by atoms with Gasteiger partial charge < -0.3 is 45.4 Å². The predicted octanol–water partition coefficient (Wildman–Crippen LogP) is 3.11. The third-order valence-electron chi connectivity index (χ3n) is 14.7. The number of benzene rings is 2. The van der Waals surface area contributed by atoms with Crippen molar-refractivity contribution < 1.29 is 48.2 Å². The second-order valence-corrected chi connectivity index (χ2v) is 23.4. The molecule has 76 heavy (non-hydrogen) atoms. The Hall–Kier alpha value is -5.80. The summed E-state index contributed by atoms with van der Waals surface area (Å²) in [5, 5.41) is 20.4. The van der Waals surface area contributed by atoms with Crippen molar-refractivity contribution in [1.29, 1.82) is 0 Å². The van der Waals surface area contributed by atoms with Crippen molar-refractivity contribution in [3.8, 4) is 0 Å². The van der Waals surface area contributed by atoms with Crippen molar-refractivity contribution in [1.82, 2.24) is 35.6 Å². The van der Waals surface area contributed by atoms with Gasteiger partial charge in [-0.15, -0.1) is 23.5 Å². The number of aliphatic hydroxyl groups excluding tert-OH is 1. The molecular weight excluding hydrogens is 1010 g/mol. The maximum absolute atomic E-state index is 15.0. The number of hydrogen-bond acceptors (Lipinski definition) is 14. The summed E-state index contributed by atoms with van der Waals surface area (Å²) in [7, 11) is 4.68. The Morgan fingerprint density at radius 1 is 0.658 bits per heavy atom. The Labute approximate surface area is 455 Å². The van der Waals surface area contributed by atoms with Crippen molar-refractivity contribution in [2.75, 3.05) is 39.2 Å². The van der Waals surface area contributed by atoms with Gasteiger partial charge in [-0.25, -0.2) is 0 Å². The van der Waals surface area contributed by atoms with E-state index in [2.05, 4.69) is 16.0 Å². The van der Waals surface area contributed by atoms with Crippen LogP contribution in [0, 0.1) is 17.8 Å². The van der Waals surface area contributed by atoms with Gasteiger partial charge in [0.2, 0.25) is 35.4 Å². The molecule has 1 fully saturated rings. The van der Waals surface area contributed by atoms with Gasteiger partial charge in [0.1, 0.15) is 36.3 Å². The summed E-state index contributed by atoms with van der Waals surface area (Å²) >= 11 is 2.72. The third kappa shape index (κ3) is 14.4. The number of carbonyl (C=O) groups excluding carboxylic acids is 8. The Morgan fingerprint density at radius 2 is 1.24 bits per heavy atom. The molecule has 2 aromatic rings. The minimum absolute atomic E-state index is 0.0399. The summed E-state index contributed by atoms with van der Waals surface area (Å²) in [6, 6.07) is 10.3. The van der Waals surface area contributed by atoms with E-state index in [-0.39, 0.29) is 42.9 Å². The van der Waals surface area contributed by atoms with E-state index in [1.165, 1.54) is 61.3 Å². The van der Waals surface area contributed by atoms with Crippen LogP contribution in [0.5, 0.6) is 0 Å². The first-order valence-corrected chi connectivity index (χ1v) is 28.3. The second kappa shape index (κ2) is 26.5. The molecule has 0 spiro atoms. The summed E-state index contributed by atoms with van der Waals surface area (Å²) in [5.74, 6) is -5.50. The standard InChI is InChI=1S/C55H77N9O10S2/c1-30(2)25-41-47(67)60-44(35(8)65)48(68)56-33(6)32(5)55(73)74-43(27-37-21-16-13-17-22-37)53(71)63(11)45(31(3)4)54(72)64-24-18-23-40(64)52(70)62(10)42(26-36-19-14-12-15-20-36)50-58-38(28-76-50)46(66)57-34(7)49-59-39(29-75-49)51(69)61(41)9/h12-17,19-22,30-35,38-45,65H,18,23-29H2,1-11H3,(H,56,68)(H,57,66)(H,60,67)/t32-,33-,34-,35-,38+,39+,40+,41-,42-,43+,44-,45+/m1/s1. The van der Waals surface area contributed by atoms with Crippen LogP contribution in [0.2, 0.25) is 0 Å². The molecule has 414 valence electrons. The number of aliphatic hydroxyl groups is 1. The summed E-state index contributed by atoms with van der Waals surface area (Å²) in [6.45, 7) is 13.9. The number of nitrogens with zero attached hydrogens (tertiary/aromatic N) is 6. The third-order valence-corrected chi connectivity index (χ3v) is 17.1. The van der Waals surface area contributed by atoms with Crippen LogP contribution in [0.15, 0.2) is 70.6 Å². The van der Waals surface area contributed by atoms with E-state index in [0.717, 1.165) is 5.56 Å². The molecule has 4 aliphatic rings. The molecule has 4 aliphatic heterocycles. The topological polar surface area (TPSA) is 240 Å². The highest BCUT2D eigenvalue weighted by Gasteiger charge is 2.46. The van der Waals surface area contributed by atoms with Crippen molar-refractivity contribution >= 4 is 80.9 Å². The van der Waals surface area contributed by atoms with Gasteiger partial charge in [0, 0.05) is 51.7 Å². The lowest BCUT2D eigenvalue weighted by molar-refractivity contribution is -0.166. The number of ether oxygens (including phenoxy) is 1. The molecule has 4 N–H and O–H groups in total. The average Bonchev–Trinajstić information content (AvgIpc) is 4.20. The Balaban J connectivity index is 1.37. The zero-order chi connectivity index (χ0) is 55.7. The summed E-state index contributed by atoms with van der Waals surface area (Å²) in [4.78, 5) is 130. The van der Waals surface area contributed by atoms with Crippen LogP contribution in [0.3, 0.4) is 0 Å². The lowest BCUT2D eigenvalue weighted by Crippen LogP contribution is -2.59. The van der Waals surface area contributed by atoms with Crippen molar-refractivity contribution in [2.24, 2.45) is 27.7 Å². The van der Waals surface area contributed by atoms with E-state index in [9.17, 15) is 43.5 Å². The molecule has 4 heterocycles. The summed E-state index contributed by atoms with van der Waals surface area (Å²) < 4.78 is 6.05. The molecule has 0 aliphatic carbocycles. The van der Waals surface area contributed by atoms with Gasteiger partial charge in [-0.3, -0.25) is 48.3 Å². The number of likely N-dealkylation sites (N-methyl/N-ethyl adjacent to an activating group) is 3. The van der Waals surface area contributed by atoms with Gasteiger partial charge in [-0.1, -0.05) is 88.4 Å². The van der Waals surface area contributed by atoms with E-state index < -0.39 is 114 Å². The molecule has 19 nitrogen and oxygen atoms in total. The Morgan fingerprint density at radius 3 is 1.84 bits per heavy atom. The van der Waals surface area contributed by atoms with Gasteiger partial charge in [0.05, 0.1) is 34.2 Å². The fourth-order valence-corrected chi connectivity index (χ4v) is 12.2. The first kappa shape index (κ1) is 59.4. The minimum Gasteiger partial charge on any atom is -0.452 e. The molecule has 6 rings (SSSR count). The predicted molar refractivity (Wildman–Crippen MR) is 294 cm³/mol. The second-order valence-electron chi connectivity index (χ2n) is 21.3. The quantitative estimate of drug-likeness (QED) is 0.279. The maximum atomic E-state index is 15.0. The highest BCUT2D eigenvalue weighted by atomic mass is 32.2. The zero-order valence-electron chi connectivity index (χ0n) is 45.6. The highest BCUT2D eigenvalue weighted by molar-refractivity contribution is 8.14. The first-order valence-electron chi connectivity index (χ1n) is 26.4. The molecular formula is C55H77N9O10S2. The molecule has 2 aromatic carbocycles. The van der Waals surface area contributed by atoms with Crippen LogP contribution < -0.4 is 16.0 Å². The molecule has 0 unspecified atom stereocenters. The zero-order valence-corrected chi connectivity index (χ0v) is 47.3. The smallest absolute Gasteiger partial charge is 0.311 e. The van der Waals surface area contributed by atoms with Crippen LogP contribution in [0.25, 0.3) is 0 Å². The number of esters is 1. The maximum Gasteiger partial charge on any atom is 0.311 e. The van der Waals surface area contributed by atoms with E-state index >= 15 is 0 Å². The molecule has 0 saturated carbocycles. The monoisotopic (exact) mass is 1090 g/mol. The Kier molecular flexibility index (Phi) is 20.7. The van der Waals surface area contributed by atoms with Gasteiger partial charge in [-0.2, -0.15) is 0 Å². The van der Waals surface area contributed by atoms with E-state index in [0.29, 0.717) is 40.7 Å². The molecule has 21 heteroatoms. The fraction of sp³-hybridized carbons (Fsp3) is 0.600. The van der Waals surface area contributed by atoms with Crippen LogP contribution in [-0.2, 0) is 55.9 Å². The van der Waals surface area contributed by atoms with E-state index in [4.69, 9.17) is 14.7 Å². The van der Waals surface area contributed by atoms with Crippen molar-refractivity contribution in [2.45, 2.75) is 154 Å². The molecule has 7 amide bonds. The number of rotatable bonds is 8. The number of amides is 7. The molecule has 1 saturated heterocycles. The number of fused-ring (bicyclic) bond motifs is 3. The number of carbonyl (C=O) groups is 8. The minimum atomic E-state index is -1.50.